The summed E-state index contributed by atoms with van der Waals surface area (Å²) in [7, 11) is 0. The van der Waals surface area contributed by atoms with Crippen molar-refractivity contribution in [1.82, 2.24) is 5.32 Å². The molecular weight excluding hydrogens is 222 g/mol. The van der Waals surface area contributed by atoms with Crippen molar-refractivity contribution in [2.75, 3.05) is 0 Å². The minimum absolute atomic E-state index is 0.147. The zero-order valence-corrected chi connectivity index (χ0v) is 10.1. The van der Waals surface area contributed by atoms with Crippen molar-refractivity contribution < 1.29 is 9.90 Å². The monoisotopic (exact) mass is 239 g/mol. The van der Waals surface area contributed by atoms with Crippen LogP contribution >= 0.6 is 11.3 Å². The van der Waals surface area contributed by atoms with Crippen molar-refractivity contribution in [3.63, 3.8) is 0 Å². The highest BCUT2D eigenvalue weighted by Crippen LogP contribution is 2.20. The van der Waals surface area contributed by atoms with Gasteiger partial charge in [-0.15, -0.1) is 11.3 Å². The first kappa shape index (κ1) is 11.6. The second kappa shape index (κ2) is 5.46. The zero-order chi connectivity index (χ0) is 11.4. The molecule has 0 aromatic carbocycles. The Bertz CT molecular complexity index is 356. The molecule has 1 heterocycles. The van der Waals surface area contributed by atoms with E-state index in [9.17, 15) is 4.79 Å². The molecule has 0 bridgehead atoms. The van der Waals surface area contributed by atoms with Gasteiger partial charge in [-0.2, -0.15) is 0 Å². The van der Waals surface area contributed by atoms with Gasteiger partial charge in [0.15, 0.2) is 0 Å². The van der Waals surface area contributed by atoms with Crippen LogP contribution in [-0.2, 0) is 17.8 Å². The second-order valence-electron chi connectivity index (χ2n) is 4.30. The lowest BCUT2D eigenvalue weighted by Gasteiger charge is -2.09. The normalized spacial score (nSPS) is 16.8. The van der Waals surface area contributed by atoms with Gasteiger partial charge >= 0.3 is 5.97 Å². The molecule has 0 atom stereocenters. The van der Waals surface area contributed by atoms with E-state index in [1.807, 2.05) is 12.1 Å². The number of thiophene rings is 1. The Balaban J connectivity index is 1.80. The van der Waals surface area contributed by atoms with Gasteiger partial charge in [-0.05, 0) is 25.0 Å². The lowest BCUT2D eigenvalue weighted by molar-refractivity contribution is -0.136. The number of carboxylic acid groups (broad SMARTS) is 1. The van der Waals surface area contributed by atoms with Gasteiger partial charge in [-0.1, -0.05) is 12.8 Å². The number of aliphatic carboxylic acids is 1. The lowest BCUT2D eigenvalue weighted by atomic mass is 10.2. The van der Waals surface area contributed by atoms with E-state index >= 15 is 0 Å². The van der Waals surface area contributed by atoms with Gasteiger partial charge in [-0.3, -0.25) is 4.79 Å². The second-order valence-corrected chi connectivity index (χ2v) is 5.55. The average molecular weight is 239 g/mol. The van der Waals surface area contributed by atoms with Crippen molar-refractivity contribution in [2.24, 2.45) is 0 Å². The topological polar surface area (TPSA) is 49.3 Å². The van der Waals surface area contributed by atoms with E-state index in [4.69, 9.17) is 5.11 Å². The summed E-state index contributed by atoms with van der Waals surface area (Å²) in [5.41, 5.74) is 0. The zero-order valence-electron chi connectivity index (χ0n) is 9.24. The molecule has 16 heavy (non-hydrogen) atoms. The Morgan fingerprint density at radius 1 is 1.38 bits per heavy atom. The molecule has 3 nitrogen and oxygen atoms in total. The Kier molecular flexibility index (Phi) is 3.96. The first-order valence-electron chi connectivity index (χ1n) is 5.77. The molecule has 0 aliphatic heterocycles. The van der Waals surface area contributed by atoms with Crippen molar-refractivity contribution in [3.05, 3.63) is 21.9 Å². The van der Waals surface area contributed by atoms with E-state index in [2.05, 4.69) is 5.32 Å². The third kappa shape index (κ3) is 3.32. The molecule has 1 aliphatic rings. The summed E-state index contributed by atoms with van der Waals surface area (Å²) >= 11 is 1.60. The van der Waals surface area contributed by atoms with Crippen molar-refractivity contribution >= 4 is 17.3 Å². The minimum Gasteiger partial charge on any atom is -0.481 e. The standard InChI is InChI=1S/C12H17NO2S/c14-12(15)7-10-5-6-11(16-10)8-13-9-3-1-2-4-9/h5-6,9,13H,1-4,7-8H2,(H,14,15). The number of hydrogen-bond acceptors (Lipinski definition) is 3. The van der Waals surface area contributed by atoms with Gasteiger partial charge in [0.05, 0.1) is 6.42 Å². The summed E-state index contributed by atoms with van der Waals surface area (Å²) in [6.07, 6.45) is 5.40. The smallest absolute Gasteiger partial charge is 0.308 e. The molecule has 4 heteroatoms. The summed E-state index contributed by atoms with van der Waals surface area (Å²) in [5.74, 6) is -0.753. The molecule has 1 aromatic heterocycles. The fourth-order valence-corrected chi connectivity index (χ4v) is 3.10. The molecular formula is C12H17NO2S. The van der Waals surface area contributed by atoms with Crippen LogP contribution in [-0.4, -0.2) is 17.1 Å². The van der Waals surface area contributed by atoms with Crippen LogP contribution in [0.15, 0.2) is 12.1 Å². The Labute approximate surface area is 99.5 Å². The third-order valence-corrected chi connectivity index (χ3v) is 4.05. The van der Waals surface area contributed by atoms with Crippen LogP contribution in [0.1, 0.15) is 35.4 Å². The van der Waals surface area contributed by atoms with Crippen LogP contribution in [0.4, 0.5) is 0 Å². The van der Waals surface area contributed by atoms with Gasteiger partial charge in [0.1, 0.15) is 0 Å². The van der Waals surface area contributed by atoms with E-state index < -0.39 is 5.97 Å². The van der Waals surface area contributed by atoms with Crippen molar-refractivity contribution in [2.45, 2.75) is 44.7 Å². The molecule has 0 saturated heterocycles. The molecule has 2 rings (SSSR count). The molecule has 1 fully saturated rings. The van der Waals surface area contributed by atoms with Gasteiger partial charge in [0.25, 0.3) is 0 Å². The predicted molar refractivity (Wildman–Crippen MR) is 64.8 cm³/mol. The molecule has 1 saturated carbocycles. The maximum atomic E-state index is 10.5. The van der Waals surface area contributed by atoms with Crippen LogP contribution in [0, 0.1) is 0 Å². The first-order valence-corrected chi connectivity index (χ1v) is 6.58. The van der Waals surface area contributed by atoms with E-state index in [0.717, 1.165) is 11.4 Å². The molecule has 0 spiro atoms. The van der Waals surface area contributed by atoms with E-state index in [-0.39, 0.29) is 6.42 Å². The summed E-state index contributed by atoms with van der Waals surface area (Å²) in [5, 5.41) is 12.2. The fraction of sp³-hybridized carbons (Fsp3) is 0.583. The minimum atomic E-state index is -0.753. The summed E-state index contributed by atoms with van der Waals surface area (Å²) in [6, 6.07) is 4.63. The van der Waals surface area contributed by atoms with Crippen LogP contribution in [0.2, 0.25) is 0 Å². The third-order valence-electron chi connectivity index (χ3n) is 2.96. The van der Waals surface area contributed by atoms with E-state index in [1.54, 1.807) is 11.3 Å². The number of carbonyl (C=O) groups is 1. The lowest BCUT2D eigenvalue weighted by Crippen LogP contribution is -2.24. The number of nitrogens with one attached hydrogen (secondary N) is 1. The maximum Gasteiger partial charge on any atom is 0.308 e. The quantitative estimate of drug-likeness (QED) is 0.829. The van der Waals surface area contributed by atoms with E-state index in [1.165, 1.54) is 30.6 Å². The highest BCUT2D eigenvalue weighted by atomic mass is 32.1. The van der Waals surface area contributed by atoms with Crippen molar-refractivity contribution in [3.8, 4) is 0 Å². The van der Waals surface area contributed by atoms with Crippen LogP contribution in [0.5, 0.6) is 0 Å². The average Bonchev–Trinajstić information content (AvgIpc) is 2.84. The summed E-state index contributed by atoms with van der Waals surface area (Å²) < 4.78 is 0. The van der Waals surface area contributed by atoms with Crippen LogP contribution in [0.3, 0.4) is 0 Å². The number of rotatable bonds is 5. The Hall–Kier alpha value is -0.870. The van der Waals surface area contributed by atoms with Gasteiger partial charge < -0.3 is 10.4 Å². The van der Waals surface area contributed by atoms with Gasteiger partial charge in [-0.25, -0.2) is 0 Å². The number of carboxylic acids is 1. The molecule has 88 valence electrons. The molecule has 0 unspecified atom stereocenters. The molecule has 1 aromatic rings. The van der Waals surface area contributed by atoms with Crippen LogP contribution < -0.4 is 5.32 Å². The molecule has 0 amide bonds. The van der Waals surface area contributed by atoms with Crippen LogP contribution in [0.25, 0.3) is 0 Å². The van der Waals surface area contributed by atoms with Gasteiger partial charge in [0, 0.05) is 22.3 Å². The predicted octanol–water partition coefficient (Wildman–Crippen LogP) is 2.41. The summed E-state index contributed by atoms with van der Waals surface area (Å²) in [6.45, 7) is 0.884. The molecule has 0 radical (unpaired) electrons. The Morgan fingerprint density at radius 2 is 2.06 bits per heavy atom. The highest BCUT2D eigenvalue weighted by molar-refractivity contribution is 7.12. The SMILES string of the molecule is O=C(O)Cc1ccc(CNC2CCCC2)s1. The largest absolute Gasteiger partial charge is 0.481 e. The maximum absolute atomic E-state index is 10.5. The van der Waals surface area contributed by atoms with E-state index in [0.29, 0.717) is 6.04 Å². The first-order chi connectivity index (χ1) is 7.74. The highest BCUT2D eigenvalue weighted by Gasteiger charge is 2.14. The Morgan fingerprint density at radius 3 is 2.75 bits per heavy atom. The molecule has 2 N–H and O–H groups in total. The summed E-state index contributed by atoms with van der Waals surface area (Å²) in [4.78, 5) is 12.7. The fourth-order valence-electron chi connectivity index (χ4n) is 2.14. The molecule has 1 aliphatic carbocycles. The van der Waals surface area contributed by atoms with Gasteiger partial charge in [0.2, 0.25) is 0 Å². The number of hydrogen-bond donors (Lipinski definition) is 2. The van der Waals surface area contributed by atoms with Crippen molar-refractivity contribution in [1.29, 1.82) is 0 Å².